The Morgan fingerprint density at radius 3 is 2.53 bits per heavy atom. The highest BCUT2D eigenvalue weighted by Crippen LogP contribution is 2.26. The fraction of sp³-hybridized carbons (Fsp3) is 0.273. The molecule has 7 nitrogen and oxygen atoms in total. The molecule has 30 heavy (non-hydrogen) atoms. The Kier molecular flexibility index (Phi) is 5.76. The molecule has 154 valence electrons. The average Bonchev–Trinajstić information content (AvgIpc) is 3.35. The summed E-state index contributed by atoms with van der Waals surface area (Å²) in [6, 6.07) is 15.5. The Hall–Kier alpha value is -3.26. The first-order chi connectivity index (χ1) is 14.5. The van der Waals surface area contributed by atoms with Crippen molar-refractivity contribution in [2.45, 2.75) is 33.1 Å². The SMILES string of the molecule is CCC(C)c1ccc(OCC(=O)Nc2ccc(-c3nn4c(C)nnc4s3)cc2)cc1. The van der Waals surface area contributed by atoms with Gasteiger partial charge < -0.3 is 10.1 Å². The third-order valence-corrected chi connectivity index (χ3v) is 5.94. The fourth-order valence-corrected chi connectivity index (χ4v) is 3.89. The van der Waals surface area contributed by atoms with Crippen LogP contribution in [0.4, 0.5) is 5.69 Å². The van der Waals surface area contributed by atoms with Gasteiger partial charge in [0.05, 0.1) is 0 Å². The van der Waals surface area contributed by atoms with Crippen molar-refractivity contribution >= 4 is 27.9 Å². The number of hydrogen-bond donors (Lipinski definition) is 1. The number of nitrogens with one attached hydrogen (secondary N) is 1. The van der Waals surface area contributed by atoms with Crippen molar-refractivity contribution in [3.63, 3.8) is 0 Å². The zero-order chi connectivity index (χ0) is 21.1. The van der Waals surface area contributed by atoms with E-state index >= 15 is 0 Å². The number of nitrogens with zero attached hydrogens (tertiary/aromatic N) is 4. The summed E-state index contributed by atoms with van der Waals surface area (Å²) >= 11 is 1.47. The molecule has 4 rings (SSSR count). The van der Waals surface area contributed by atoms with E-state index in [4.69, 9.17) is 4.74 Å². The Morgan fingerprint density at radius 2 is 1.87 bits per heavy atom. The lowest BCUT2D eigenvalue weighted by Gasteiger charge is -2.11. The minimum absolute atomic E-state index is 0.0413. The van der Waals surface area contributed by atoms with Gasteiger partial charge in [0, 0.05) is 11.3 Å². The third kappa shape index (κ3) is 4.33. The van der Waals surface area contributed by atoms with Gasteiger partial charge in [0.25, 0.3) is 5.91 Å². The molecular weight excluding hydrogens is 398 g/mol. The highest BCUT2D eigenvalue weighted by atomic mass is 32.1. The molecule has 0 saturated carbocycles. The lowest BCUT2D eigenvalue weighted by Crippen LogP contribution is -2.20. The van der Waals surface area contributed by atoms with Crippen LogP contribution < -0.4 is 10.1 Å². The van der Waals surface area contributed by atoms with Crippen LogP contribution in [-0.2, 0) is 4.79 Å². The summed E-state index contributed by atoms with van der Waals surface area (Å²) in [6.45, 7) is 6.18. The molecule has 2 aromatic carbocycles. The summed E-state index contributed by atoms with van der Waals surface area (Å²) in [6.07, 6.45) is 1.09. The molecule has 0 spiro atoms. The number of rotatable bonds is 7. The van der Waals surface area contributed by atoms with E-state index < -0.39 is 0 Å². The van der Waals surface area contributed by atoms with Gasteiger partial charge in [0.1, 0.15) is 10.8 Å². The number of amides is 1. The van der Waals surface area contributed by atoms with Crippen molar-refractivity contribution in [2.24, 2.45) is 0 Å². The van der Waals surface area contributed by atoms with Crippen LogP contribution in [-0.4, -0.2) is 32.3 Å². The van der Waals surface area contributed by atoms with Crippen LogP contribution >= 0.6 is 11.3 Å². The van der Waals surface area contributed by atoms with Gasteiger partial charge in [0.15, 0.2) is 12.4 Å². The maximum Gasteiger partial charge on any atom is 0.262 e. The second kappa shape index (κ2) is 8.62. The van der Waals surface area contributed by atoms with Crippen LogP contribution in [0.1, 0.15) is 37.6 Å². The first-order valence-corrected chi connectivity index (χ1v) is 10.7. The van der Waals surface area contributed by atoms with Gasteiger partial charge >= 0.3 is 0 Å². The van der Waals surface area contributed by atoms with Crippen molar-refractivity contribution in [3.8, 4) is 16.3 Å². The number of hydrogen-bond acceptors (Lipinski definition) is 6. The third-order valence-electron chi connectivity index (χ3n) is 4.99. The summed E-state index contributed by atoms with van der Waals surface area (Å²) in [5.74, 6) is 1.75. The van der Waals surface area contributed by atoms with Gasteiger partial charge in [-0.25, -0.2) is 0 Å². The molecule has 1 unspecified atom stereocenters. The first kappa shape index (κ1) is 20.0. The Balaban J connectivity index is 1.33. The molecular formula is C22H23N5O2S. The largest absolute Gasteiger partial charge is 0.484 e. The van der Waals surface area contributed by atoms with E-state index in [0.29, 0.717) is 17.4 Å². The summed E-state index contributed by atoms with van der Waals surface area (Å²) < 4.78 is 7.33. The van der Waals surface area contributed by atoms with Gasteiger partial charge in [-0.15, -0.1) is 10.2 Å². The molecule has 4 aromatic rings. The van der Waals surface area contributed by atoms with Crippen molar-refractivity contribution in [1.29, 1.82) is 0 Å². The maximum absolute atomic E-state index is 12.2. The second-order valence-electron chi connectivity index (χ2n) is 7.14. The van der Waals surface area contributed by atoms with E-state index in [1.807, 2.05) is 55.5 Å². The number of carbonyl (C=O) groups excluding carboxylic acids is 1. The molecule has 8 heteroatoms. The Labute approximate surface area is 178 Å². The summed E-state index contributed by atoms with van der Waals surface area (Å²) in [7, 11) is 0. The molecule has 0 bridgehead atoms. The highest BCUT2D eigenvalue weighted by Gasteiger charge is 2.11. The van der Waals surface area contributed by atoms with Gasteiger partial charge in [-0.3, -0.25) is 4.79 Å². The molecule has 2 aromatic heterocycles. The number of fused-ring (bicyclic) bond motifs is 1. The minimum atomic E-state index is -0.205. The van der Waals surface area contributed by atoms with E-state index in [0.717, 1.165) is 27.8 Å². The van der Waals surface area contributed by atoms with Gasteiger partial charge in [-0.05, 0) is 61.2 Å². The summed E-state index contributed by atoms with van der Waals surface area (Å²) in [5.41, 5.74) is 2.94. The number of ether oxygens (including phenoxy) is 1. The summed E-state index contributed by atoms with van der Waals surface area (Å²) in [4.78, 5) is 13.0. The van der Waals surface area contributed by atoms with E-state index in [2.05, 4.69) is 34.5 Å². The first-order valence-electron chi connectivity index (χ1n) is 9.85. The van der Waals surface area contributed by atoms with Crippen molar-refractivity contribution in [1.82, 2.24) is 19.8 Å². The Bertz CT molecular complexity index is 1150. The zero-order valence-corrected chi connectivity index (χ0v) is 17.9. The lowest BCUT2D eigenvalue weighted by molar-refractivity contribution is -0.118. The van der Waals surface area contributed by atoms with E-state index in [1.54, 1.807) is 4.52 Å². The predicted molar refractivity (Wildman–Crippen MR) is 118 cm³/mol. The van der Waals surface area contributed by atoms with Crippen molar-refractivity contribution in [3.05, 3.63) is 59.9 Å². The van der Waals surface area contributed by atoms with Gasteiger partial charge in [-0.2, -0.15) is 9.61 Å². The molecule has 1 amide bonds. The van der Waals surface area contributed by atoms with Crippen LogP contribution in [0, 0.1) is 6.92 Å². The normalized spacial score (nSPS) is 12.1. The number of aromatic nitrogens is 4. The molecule has 0 aliphatic rings. The van der Waals surface area contributed by atoms with E-state index in [9.17, 15) is 4.79 Å². The molecule has 1 atom stereocenters. The highest BCUT2D eigenvalue weighted by molar-refractivity contribution is 7.19. The minimum Gasteiger partial charge on any atom is -0.484 e. The molecule has 0 saturated heterocycles. The topological polar surface area (TPSA) is 81.4 Å². The predicted octanol–water partition coefficient (Wildman–Crippen LogP) is 4.69. The smallest absolute Gasteiger partial charge is 0.262 e. The number of benzene rings is 2. The maximum atomic E-state index is 12.2. The van der Waals surface area contributed by atoms with Crippen LogP contribution in [0.5, 0.6) is 5.75 Å². The molecule has 0 radical (unpaired) electrons. The van der Waals surface area contributed by atoms with Crippen LogP contribution in [0.3, 0.4) is 0 Å². The molecule has 0 fully saturated rings. The van der Waals surface area contributed by atoms with Crippen LogP contribution in [0.25, 0.3) is 15.5 Å². The van der Waals surface area contributed by atoms with E-state index in [1.165, 1.54) is 16.9 Å². The zero-order valence-electron chi connectivity index (χ0n) is 17.1. The Morgan fingerprint density at radius 1 is 1.13 bits per heavy atom. The van der Waals surface area contributed by atoms with Gasteiger partial charge in [-0.1, -0.05) is 37.3 Å². The molecule has 2 heterocycles. The van der Waals surface area contributed by atoms with Crippen LogP contribution in [0.2, 0.25) is 0 Å². The quantitative estimate of drug-likeness (QED) is 0.468. The molecule has 0 aliphatic heterocycles. The van der Waals surface area contributed by atoms with Crippen LogP contribution in [0.15, 0.2) is 48.5 Å². The fourth-order valence-electron chi connectivity index (χ4n) is 3.00. The standard InChI is InChI=1S/C22H23N5O2S/c1-4-14(2)16-7-11-19(12-8-16)29-13-20(28)23-18-9-5-17(6-10-18)21-26-27-15(3)24-25-22(27)30-21/h5-12,14H,4,13H2,1-3H3,(H,23,28). The number of carbonyl (C=O) groups is 1. The molecule has 0 aliphatic carbocycles. The average molecular weight is 422 g/mol. The van der Waals surface area contributed by atoms with Gasteiger partial charge in [0.2, 0.25) is 4.96 Å². The number of aryl methyl sites for hydroxylation is 1. The number of anilines is 1. The molecule has 1 N–H and O–H groups in total. The second-order valence-corrected chi connectivity index (χ2v) is 8.10. The van der Waals surface area contributed by atoms with Crippen molar-refractivity contribution in [2.75, 3.05) is 11.9 Å². The lowest BCUT2D eigenvalue weighted by atomic mass is 9.99. The van der Waals surface area contributed by atoms with Crippen molar-refractivity contribution < 1.29 is 9.53 Å². The monoisotopic (exact) mass is 421 g/mol. The van der Waals surface area contributed by atoms with E-state index in [-0.39, 0.29) is 12.5 Å². The summed E-state index contributed by atoms with van der Waals surface area (Å²) in [5, 5.41) is 16.3.